The Bertz CT molecular complexity index is 1130. The van der Waals surface area contributed by atoms with E-state index in [4.69, 9.17) is 4.74 Å². The summed E-state index contributed by atoms with van der Waals surface area (Å²) in [6, 6.07) is 41.6. The van der Waals surface area contributed by atoms with Gasteiger partial charge in [0, 0.05) is 24.5 Å². The van der Waals surface area contributed by atoms with Crippen molar-refractivity contribution in [2.24, 2.45) is 0 Å². The second kappa shape index (κ2) is 15.8. The number of likely N-dealkylation sites (N-methyl/N-ethyl adjacent to an activating group) is 1. The molecule has 4 rings (SSSR count). The Balaban J connectivity index is 0.000000233. The van der Waals surface area contributed by atoms with Gasteiger partial charge in [-0.2, -0.15) is 0 Å². The highest BCUT2D eigenvalue weighted by Crippen LogP contribution is 2.27. The Morgan fingerprint density at radius 2 is 1.16 bits per heavy atom. The number of anilines is 2. The lowest BCUT2D eigenvalue weighted by Gasteiger charge is -2.25. The molecule has 0 radical (unpaired) electrons. The van der Waals surface area contributed by atoms with E-state index in [9.17, 15) is 0 Å². The van der Waals surface area contributed by atoms with Crippen molar-refractivity contribution < 1.29 is 4.74 Å². The Labute approximate surface area is 223 Å². The Hall–Kier alpha value is -4.08. The van der Waals surface area contributed by atoms with Crippen LogP contribution in [0.3, 0.4) is 0 Å². The molecule has 4 aromatic rings. The molecular formula is C34H38N2O. The molecule has 0 bridgehead atoms. The van der Waals surface area contributed by atoms with E-state index in [1.54, 1.807) is 6.26 Å². The zero-order valence-electron chi connectivity index (χ0n) is 22.0. The highest BCUT2D eigenvalue weighted by atomic mass is 16.5. The third-order valence-electron chi connectivity index (χ3n) is 5.77. The third-order valence-corrected chi connectivity index (χ3v) is 5.77. The Kier molecular flexibility index (Phi) is 11.8. The molecule has 0 aliphatic carbocycles. The molecule has 0 fully saturated rings. The second-order valence-electron chi connectivity index (χ2n) is 8.93. The first-order valence-corrected chi connectivity index (χ1v) is 12.7. The first-order chi connectivity index (χ1) is 18.1. The average Bonchev–Trinajstić information content (AvgIpc) is 2.95. The number of para-hydroxylation sites is 2. The van der Waals surface area contributed by atoms with Crippen LogP contribution in [0.1, 0.15) is 17.5 Å². The van der Waals surface area contributed by atoms with Crippen LogP contribution < -0.4 is 4.90 Å². The van der Waals surface area contributed by atoms with Gasteiger partial charge in [0.2, 0.25) is 0 Å². The minimum absolute atomic E-state index is 0.732. The molecule has 3 nitrogen and oxygen atoms in total. The SMILES string of the molecule is C=C(CCN(c1ccccc1)c1ccccc1)c1ccccc1.CN(C)CCOC=Cc1ccccc1. The van der Waals surface area contributed by atoms with Gasteiger partial charge in [0.25, 0.3) is 0 Å². The van der Waals surface area contributed by atoms with Gasteiger partial charge >= 0.3 is 0 Å². The van der Waals surface area contributed by atoms with Crippen LogP contribution in [-0.2, 0) is 4.74 Å². The predicted molar refractivity (Wildman–Crippen MR) is 160 cm³/mol. The topological polar surface area (TPSA) is 15.7 Å². The van der Waals surface area contributed by atoms with Crippen molar-refractivity contribution in [2.75, 3.05) is 38.7 Å². The van der Waals surface area contributed by atoms with Gasteiger partial charge in [0.15, 0.2) is 0 Å². The largest absolute Gasteiger partial charge is 0.500 e. The smallest absolute Gasteiger partial charge is 0.0999 e. The van der Waals surface area contributed by atoms with E-state index in [0.29, 0.717) is 0 Å². The van der Waals surface area contributed by atoms with E-state index in [2.05, 4.69) is 101 Å². The van der Waals surface area contributed by atoms with Crippen LogP contribution in [0.25, 0.3) is 11.6 Å². The average molecular weight is 491 g/mol. The minimum atomic E-state index is 0.732. The van der Waals surface area contributed by atoms with Crippen LogP contribution >= 0.6 is 0 Å². The van der Waals surface area contributed by atoms with E-state index < -0.39 is 0 Å². The molecule has 0 saturated carbocycles. The van der Waals surface area contributed by atoms with E-state index in [1.165, 1.54) is 22.5 Å². The molecule has 0 aromatic heterocycles. The molecular weight excluding hydrogens is 452 g/mol. The molecule has 0 aliphatic heterocycles. The van der Waals surface area contributed by atoms with Crippen molar-refractivity contribution in [1.29, 1.82) is 0 Å². The fourth-order valence-electron chi connectivity index (χ4n) is 3.68. The third kappa shape index (κ3) is 10.2. The molecule has 0 saturated heterocycles. The summed E-state index contributed by atoms with van der Waals surface area (Å²) in [6.45, 7) is 6.84. The molecule has 0 spiro atoms. The van der Waals surface area contributed by atoms with Crippen molar-refractivity contribution in [3.05, 3.63) is 145 Å². The summed E-state index contributed by atoms with van der Waals surface area (Å²) in [4.78, 5) is 4.43. The summed E-state index contributed by atoms with van der Waals surface area (Å²) >= 11 is 0. The fourth-order valence-corrected chi connectivity index (χ4v) is 3.68. The Morgan fingerprint density at radius 3 is 1.68 bits per heavy atom. The van der Waals surface area contributed by atoms with Crippen LogP contribution in [-0.4, -0.2) is 38.7 Å². The number of benzene rings is 4. The van der Waals surface area contributed by atoms with Crippen molar-refractivity contribution in [3.63, 3.8) is 0 Å². The number of hydrogen-bond donors (Lipinski definition) is 0. The number of rotatable bonds is 11. The van der Waals surface area contributed by atoms with Crippen LogP contribution in [0.2, 0.25) is 0 Å². The molecule has 3 heteroatoms. The quantitative estimate of drug-likeness (QED) is 0.156. The monoisotopic (exact) mass is 490 g/mol. The molecule has 190 valence electrons. The maximum absolute atomic E-state index is 5.33. The van der Waals surface area contributed by atoms with Gasteiger partial charge in [-0.15, -0.1) is 0 Å². The molecule has 0 aliphatic rings. The number of hydrogen-bond acceptors (Lipinski definition) is 3. The summed E-state index contributed by atoms with van der Waals surface area (Å²) in [5.41, 5.74) is 5.97. The zero-order chi connectivity index (χ0) is 26.1. The predicted octanol–water partition coefficient (Wildman–Crippen LogP) is 8.16. The van der Waals surface area contributed by atoms with Crippen LogP contribution in [0, 0.1) is 0 Å². The summed E-state index contributed by atoms with van der Waals surface area (Å²) in [5, 5.41) is 0. The van der Waals surface area contributed by atoms with Gasteiger partial charge in [-0.1, -0.05) is 104 Å². The van der Waals surface area contributed by atoms with Crippen molar-refractivity contribution >= 4 is 23.0 Å². The van der Waals surface area contributed by atoms with E-state index in [0.717, 1.165) is 31.7 Å². The molecule has 0 atom stereocenters. The standard InChI is InChI=1S/C22H21N.C12H17NO/c1-19(20-11-5-2-6-12-20)17-18-23(21-13-7-3-8-14-21)22-15-9-4-10-16-22;1-13(2)9-11-14-10-8-12-6-4-3-5-7-12/h2-16H,1,17-18H2;3-8,10H,9,11H2,1-2H3. The highest BCUT2D eigenvalue weighted by molar-refractivity contribution is 5.67. The van der Waals surface area contributed by atoms with Gasteiger partial charge in [0.05, 0.1) is 12.9 Å². The molecule has 4 aromatic carbocycles. The summed E-state index contributed by atoms with van der Waals surface area (Å²) in [7, 11) is 4.06. The van der Waals surface area contributed by atoms with E-state index >= 15 is 0 Å². The van der Waals surface area contributed by atoms with Gasteiger partial charge < -0.3 is 14.5 Å². The maximum atomic E-state index is 5.33. The van der Waals surface area contributed by atoms with Crippen molar-refractivity contribution in [3.8, 4) is 0 Å². The van der Waals surface area contributed by atoms with Gasteiger partial charge in [-0.3, -0.25) is 0 Å². The second-order valence-corrected chi connectivity index (χ2v) is 8.93. The van der Waals surface area contributed by atoms with Crippen molar-refractivity contribution in [2.45, 2.75) is 6.42 Å². The van der Waals surface area contributed by atoms with Crippen LogP contribution in [0.5, 0.6) is 0 Å². The molecule has 0 unspecified atom stereocenters. The highest BCUT2D eigenvalue weighted by Gasteiger charge is 2.09. The summed E-state index contributed by atoms with van der Waals surface area (Å²) in [5.74, 6) is 0. The number of nitrogens with zero attached hydrogens (tertiary/aromatic N) is 2. The lowest BCUT2D eigenvalue weighted by molar-refractivity contribution is 0.214. The summed E-state index contributed by atoms with van der Waals surface area (Å²) < 4.78 is 5.33. The first-order valence-electron chi connectivity index (χ1n) is 12.7. The maximum Gasteiger partial charge on any atom is 0.0999 e. The van der Waals surface area contributed by atoms with E-state index in [1.807, 2.05) is 56.6 Å². The molecule has 37 heavy (non-hydrogen) atoms. The van der Waals surface area contributed by atoms with Gasteiger partial charge in [-0.05, 0) is 67.6 Å². The molecule has 0 heterocycles. The van der Waals surface area contributed by atoms with Gasteiger partial charge in [-0.25, -0.2) is 0 Å². The van der Waals surface area contributed by atoms with Crippen molar-refractivity contribution in [1.82, 2.24) is 4.90 Å². The van der Waals surface area contributed by atoms with E-state index in [-0.39, 0.29) is 0 Å². The molecule has 0 N–H and O–H groups in total. The first kappa shape index (κ1) is 27.5. The fraction of sp³-hybridized carbons (Fsp3) is 0.176. The lowest BCUT2D eigenvalue weighted by atomic mass is 10.0. The number of ether oxygens (including phenoxy) is 1. The summed E-state index contributed by atoms with van der Waals surface area (Å²) in [6.07, 6.45) is 4.64. The minimum Gasteiger partial charge on any atom is -0.500 e. The Morgan fingerprint density at radius 1 is 0.676 bits per heavy atom. The molecule has 0 amide bonds. The zero-order valence-corrected chi connectivity index (χ0v) is 22.0. The van der Waals surface area contributed by atoms with Crippen LogP contribution in [0.15, 0.2) is 134 Å². The van der Waals surface area contributed by atoms with Gasteiger partial charge in [0.1, 0.15) is 0 Å². The normalized spacial score (nSPS) is 10.6. The van der Waals surface area contributed by atoms with Crippen LogP contribution in [0.4, 0.5) is 11.4 Å². The lowest BCUT2D eigenvalue weighted by Crippen LogP contribution is -2.18.